The molecule has 2 aliphatic rings. The highest BCUT2D eigenvalue weighted by atomic mass is 15.2. The number of hydrogen-bond donors (Lipinski definition) is 0. The summed E-state index contributed by atoms with van der Waals surface area (Å²) in [5, 5.41) is 0. The Balaban J connectivity index is 1.60. The van der Waals surface area contributed by atoms with Crippen LogP contribution in [0.5, 0.6) is 0 Å². The van der Waals surface area contributed by atoms with Gasteiger partial charge in [-0.15, -0.1) is 0 Å². The van der Waals surface area contributed by atoms with Crippen LogP contribution in [0.15, 0.2) is 24.3 Å². The van der Waals surface area contributed by atoms with Gasteiger partial charge in [-0.2, -0.15) is 0 Å². The molecule has 2 heterocycles. The molecule has 3 atom stereocenters. The summed E-state index contributed by atoms with van der Waals surface area (Å²) in [6.07, 6.45) is 6.95. The Morgan fingerprint density at radius 3 is 2.61 bits per heavy atom. The summed E-state index contributed by atoms with van der Waals surface area (Å²) in [7, 11) is 0. The van der Waals surface area contributed by atoms with E-state index in [1.807, 2.05) is 6.07 Å². The number of piperidine rings is 1. The van der Waals surface area contributed by atoms with E-state index in [9.17, 15) is 0 Å². The van der Waals surface area contributed by atoms with Crippen molar-refractivity contribution < 1.29 is 0 Å². The first-order chi connectivity index (χ1) is 11.2. The van der Waals surface area contributed by atoms with Crippen LogP contribution in [-0.4, -0.2) is 27.5 Å². The molecule has 1 aromatic carbocycles. The number of likely N-dealkylation sites (tertiary alicyclic amines) is 1. The first-order valence-corrected chi connectivity index (χ1v) is 9.18. The number of aryl methyl sites for hydroxylation is 1. The van der Waals surface area contributed by atoms with E-state index in [1.165, 1.54) is 44.3 Å². The molecule has 0 amide bonds. The topological polar surface area (TPSA) is 29.0 Å². The van der Waals surface area contributed by atoms with E-state index in [0.717, 1.165) is 41.1 Å². The predicted molar refractivity (Wildman–Crippen MR) is 94.2 cm³/mol. The van der Waals surface area contributed by atoms with Gasteiger partial charge in [-0.25, -0.2) is 9.97 Å². The number of para-hydroxylation sites is 2. The minimum Gasteiger partial charge on any atom is -0.294 e. The molecule has 1 aliphatic heterocycles. The maximum atomic E-state index is 4.92. The molecule has 0 unspecified atom stereocenters. The van der Waals surface area contributed by atoms with Crippen molar-refractivity contribution in [3.8, 4) is 0 Å². The highest BCUT2D eigenvalue weighted by Crippen LogP contribution is 2.39. The maximum Gasteiger partial charge on any atom is 0.0890 e. The molecular weight excluding hydrogens is 282 g/mol. The van der Waals surface area contributed by atoms with Crippen molar-refractivity contribution in [1.29, 1.82) is 0 Å². The fraction of sp³-hybridized carbons (Fsp3) is 0.600. The van der Waals surface area contributed by atoms with Crippen LogP contribution in [0, 0.1) is 18.8 Å². The van der Waals surface area contributed by atoms with E-state index in [1.54, 1.807) is 0 Å². The average Bonchev–Trinajstić information content (AvgIpc) is 2.58. The van der Waals surface area contributed by atoms with Crippen LogP contribution in [-0.2, 0) is 6.54 Å². The molecule has 0 bridgehead atoms. The van der Waals surface area contributed by atoms with Crippen LogP contribution in [0.25, 0.3) is 11.0 Å². The van der Waals surface area contributed by atoms with Crippen LogP contribution in [0.4, 0.5) is 0 Å². The van der Waals surface area contributed by atoms with E-state index >= 15 is 0 Å². The fourth-order valence-electron chi connectivity index (χ4n) is 4.67. The standard InChI is InChI=1S/C20H27N3/c1-14-11-12-23(20-10-6-3-7-16(14)20)13-19-15(2)21-17-8-4-5-9-18(17)22-19/h4-5,8-9,14,16,20H,3,6-7,10-13H2,1-2H3/t14-,16-,20-/m0/s1. The Hall–Kier alpha value is -1.48. The summed E-state index contributed by atoms with van der Waals surface area (Å²) in [5.74, 6) is 1.78. The van der Waals surface area contributed by atoms with Crippen LogP contribution in [0.2, 0.25) is 0 Å². The lowest BCUT2D eigenvalue weighted by Gasteiger charge is -2.47. The molecule has 1 saturated heterocycles. The Morgan fingerprint density at radius 1 is 1.04 bits per heavy atom. The van der Waals surface area contributed by atoms with E-state index in [4.69, 9.17) is 9.97 Å². The normalized spacial score (nSPS) is 28.7. The largest absolute Gasteiger partial charge is 0.294 e. The molecule has 1 aromatic heterocycles. The zero-order valence-corrected chi connectivity index (χ0v) is 14.3. The lowest BCUT2D eigenvalue weighted by atomic mass is 9.72. The van der Waals surface area contributed by atoms with Gasteiger partial charge in [0, 0.05) is 12.6 Å². The van der Waals surface area contributed by atoms with Crippen molar-refractivity contribution in [1.82, 2.24) is 14.9 Å². The average molecular weight is 309 g/mol. The highest BCUT2D eigenvalue weighted by Gasteiger charge is 2.37. The maximum absolute atomic E-state index is 4.92. The molecule has 0 spiro atoms. The molecule has 3 heteroatoms. The molecule has 23 heavy (non-hydrogen) atoms. The van der Waals surface area contributed by atoms with Gasteiger partial charge in [-0.3, -0.25) is 4.90 Å². The van der Waals surface area contributed by atoms with E-state index in [2.05, 4.69) is 36.9 Å². The smallest absolute Gasteiger partial charge is 0.0890 e. The number of fused-ring (bicyclic) bond motifs is 2. The van der Waals surface area contributed by atoms with Gasteiger partial charge in [0.25, 0.3) is 0 Å². The molecule has 2 fully saturated rings. The van der Waals surface area contributed by atoms with Crippen molar-refractivity contribution in [2.45, 2.75) is 58.5 Å². The second kappa shape index (κ2) is 6.20. The summed E-state index contributed by atoms with van der Waals surface area (Å²) in [6.45, 7) is 6.76. The van der Waals surface area contributed by atoms with Gasteiger partial charge in [0.15, 0.2) is 0 Å². The van der Waals surface area contributed by atoms with E-state index in [-0.39, 0.29) is 0 Å². The van der Waals surface area contributed by atoms with Gasteiger partial charge < -0.3 is 0 Å². The summed E-state index contributed by atoms with van der Waals surface area (Å²) in [6, 6.07) is 8.98. The summed E-state index contributed by atoms with van der Waals surface area (Å²) in [4.78, 5) is 12.4. The number of hydrogen-bond acceptors (Lipinski definition) is 3. The lowest BCUT2D eigenvalue weighted by molar-refractivity contribution is 0.0195. The summed E-state index contributed by atoms with van der Waals surface area (Å²) < 4.78 is 0. The van der Waals surface area contributed by atoms with Crippen molar-refractivity contribution in [3.05, 3.63) is 35.7 Å². The highest BCUT2D eigenvalue weighted by molar-refractivity contribution is 5.74. The van der Waals surface area contributed by atoms with Crippen LogP contribution in [0.3, 0.4) is 0 Å². The third-order valence-electron chi connectivity index (χ3n) is 6.05. The van der Waals surface area contributed by atoms with Crippen molar-refractivity contribution in [3.63, 3.8) is 0 Å². The van der Waals surface area contributed by atoms with E-state index < -0.39 is 0 Å². The van der Waals surface area contributed by atoms with Gasteiger partial charge in [-0.05, 0) is 56.7 Å². The fourth-order valence-corrected chi connectivity index (χ4v) is 4.67. The molecule has 1 aliphatic carbocycles. The van der Waals surface area contributed by atoms with Gasteiger partial charge in [0.1, 0.15) is 0 Å². The molecule has 1 saturated carbocycles. The number of rotatable bonds is 2. The lowest BCUT2D eigenvalue weighted by Crippen LogP contribution is -2.49. The van der Waals surface area contributed by atoms with Gasteiger partial charge in [0.05, 0.1) is 22.4 Å². The van der Waals surface area contributed by atoms with Gasteiger partial charge >= 0.3 is 0 Å². The monoisotopic (exact) mass is 309 g/mol. The Morgan fingerprint density at radius 2 is 1.78 bits per heavy atom. The molecule has 2 aromatic rings. The van der Waals surface area contributed by atoms with E-state index in [0.29, 0.717) is 0 Å². The molecular formula is C20H27N3. The second-order valence-electron chi connectivity index (χ2n) is 7.50. The third-order valence-corrected chi connectivity index (χ3v) is 6.05. The van der Waals surface area contributed by atoms with Gasteiger partial charge in [0.2, 0.25) is 0 Å². The van der Waals surface area contributed by atoms with Crippen LogP contribution in [0.1, 0.15) is 50.4 Å². The Labute approximate surface area is 139 Å². The quantitative estimate of drug-likeness (QED) is 0.826. The first-order valence-electron chi connectivity index (χ1n) is 9.18. The molecule has 122 valence electrons. The van der Waals surface area contributed by atoms with Crippen molar-refractivity contribution in [2.75, 3.05) is 6.54 Å². The molecule has 0 N–H and O–H groups in total. The molecule has 4 rings (SSSR count). The number of nitrogens with zero attached hydrogens (tertiary/aromatic N) is 3. The Bertz CT molecular complexity index is 696. The van der Waals surface area contributed by atoms with Crippen molar-refractivity contribution >= 4 is 11.0 Å². The Kier molecular flexibility index (Phi) is 4.06. The summed E-state index contributed by atoms with van der Waals surface area (Å²) >= 11 is 0. The second-order valence-corrected chi connectivity index (χ2v) is 7.50. The zero-order valence-electron chi connectivity index (χ0n) is 14.3. The SMILES string of the molecule is Cc1nc2ccccc2nc1CN1CC[C@H](C)[C@@H]2CCCC[C@@H]21. The van der Waals surface area contributed by atoms with Crippen LogP contribution < -0.4 is 0 Å². The first kappa shape index (κ1) is 15.1. The minimum atomic E-state index is 0.764. The zero-order chi connectivity index (χ0) is 15.8. The number of aromatic nitrogens is 2. The van der Waals surface area contributed by atoms with Crippen LogP contribution >= 0.6 is 0 Å². The summed E-state index contributed by atoms with van der Waals surface area (Å²) in [5.41, 5.74) is 4.30. The minimum absolute atomic E-state index is 0.764. The van der Waals surface area contributed by atoms with Gasteiger partial charge in [-0.1, -0.05) is 31.9 Å². The number of benzene rings is 1. The van der Waals surface area contributed by atoms with Crippen molar-refractivity contribution in [2.24, 2.45) is 11.8 Å². The predicted octanol–water partition coefficient (Wildman–Crippen LogP) is 4.34. The third kappa shape index (κ3) is 2.87. The molecule has 0 radical (unpaired) electrons. The molecule has 3 nitrogen and oxygen atoms in total.